The van der Waals surface area contributed by atoms with Crippen LogP contribution in [0, 0.1) is 6.92 Å². The Morgan fingerprint density at radius 3 is 2.91 bits per heavy atom. The minimum atomic E-state index is -0.198. The highest BCUT2D eigenvalue weighted by molar-refractivity contribution is 6.35. The first-order valence-corrected chi connectivity index (χ1v) is 7.19. The summed E-state index contributed by atoms with van der Waals surface area (Å²) >= 11 is 11.7. The number of hydrogen-bond donors (Lipinski definition) is 1. The lowest BCUT2D eigenvalue weighted by Gasteiger charge is -2.07. The number of halogens is 2. The predicted octanol–water partition coefficient (Wildman–Crippen LogP) is 3.08. The number of rotatable bonds is 3. The maximum absolute atomic E-state index is 12.1. The van der Waals surface area contributed by atoms with E-state index in [4.69, 9.17) is 23.2 Å². The molecule has 2 aromatic heterocycles. The zero-order valence-electron chi connectivity index (χ0n) is 11.5. The van der Waals surface area contributed by atoms with E-state index in [0.717, 1.165) is 11.3 Å². The summed E-state index contributed by atoms with van der Waals surface area (Å²) in [6, 6.07) is 7.55. The fourth-order valence-electron chi connectivity index (χ4n) is 2.08. The van der Waals surface area contributed by atoms with Crippen molar-refractivity contribution < 1.29 is 4.79 Å². The van der Waals surface area contributed by atoms with E-state index in [9.17, 15) is 4.79 Å². The van der Waals surface area contributed by atoms with E-state index in [-0.39, 0.29) is 22.9 Å². The molecule has 0 radical (unpaired) electrons. The van der Waals surface area contributed by atoms with Crippen molar-refractivity contribution in [2.24, 2.45) is 0 Å². The molecule has 0 fully saturated rings. The first kappa shape index (κ1) is 14.7. The van der Waals surface area contributed by atoms with Crippen molar-refractivity contribution in [3.8, 4) is 0 Å². The number of amides is 1. The van der Waals surface area contributed by atoms with Crippen LogP contribution in [0.25, 0.3) is 11.2 Å². The average Bonchev–Trinajstić information content (AvgIpc) is 2.82. The Balaban J connectivity index is 1.82. The van der Waals surface area contributed by atoms with Gasteiger partial charge in [0.05, 0.1) is 6.33 Å². The number of benzene rings is 1. The van der Waals surface area contributed by atoms with Crippen LogP contribution in [0.3, 0.4) is 0 Å². The molecule has 0 aliphatic rings. The van der Waals surface area contributed by atoms with E-state index in [1.165, 1.54) is 6.33 Å². The van der Waals surface area contributed by atoms with Crippen molar-refractivity contribution in [1.29, 1.82) is 0 Å². The van der Waals surface area contributed by atoms with Crippen LogP contribution in [0.15, 0.2) is 30.6 Å². The number of anilines is 1. The van der Waals surface area contributed by atoms with E-state index < -0.39 is 0 Å². The number of imidazole rings is 1. The first-order chi connectivity index (χ1) is 10.5. The lowest BCUT2D eigenvalue weighted by Crippen LogP contribution is -2.18. The third kappa shape index (κ3) is 3.03. The van der Waals surface area contributed by atoms with Gasteiger partial charge in [0, 0.05) is 5.69 Å². The Bertz CT molecular complexity index is 862. The molecule has 0 aliphatic heterocycles. The van der Waals surface area contributed by atoms with E-state index in [1.54, 1.807) is 4.57 Å². The van der Waals surface area contributed by atoms with E-state index in [0.29, 0.717) is 11.2 Å². The number of nitrogens with one attached hydrogen (secondary N) is 1. The molecular formula is C14H11Cl2N5O. The lowest BCUT2D eigenvalue weighted by atomic mass is 10.2. The molecule has 0 saturated carbocycles. The van der Waals surface area contributed by atoms with Gasteiger partial charge in [-0.2, -0.15) is 4.98 Å². The number of aryl methyl sites for hydroxylation is 1. The molecule has 0 aliphatic carbocycles. The van der Waals surface area contributed by atoms with Crippen LogP contribution in [0.2, 0.25) is 10.4 Å². The fourth-order valence-corrected chi connectivity index (χ4v) is 2.50. The molecule has 0 atom stereocenters. The third-order valence-electron chi connectivity index (χ3n) is 3.01. The Kier molecular flexibility index (Phi) is 3.96. The summed E-state index contributed by atoms with van der Waals surface area (Å²) in [6.07, 6.45) is 1.48. The Hall–Kier alpha value is -2.18. The van der Waals surface area contributed by atoms with E-state index >= 15 is 0 Å². The van der Waals surface area contributed by atoms with Crippen LogP contribution in [0.1, 0.15) is 5.56 Å². The van der Waals surface area contributed by atoms with Gasteiger partial charge >= 0.3 is 0 Å². The minimum Gasteiger partial charge on any atom is -0.325 e. The van der Waals surface area contributed by atoms with Crippen LogP contribution in [-0.4, -0.2) is 25.4 Å². The number of aromatic nitrogens is 4. The van der Waals surface area contributed by atoms with Crippen molar-refractivity contribution in [2.45, 2.75) is 13.5 Å². The van der Waals surface area contributed by atoms with Gasteiger partial charge < -0.3 is 9.88 Å². The van der Waals surface area contributed by atoms with Crippen molar-refractivity contribution >= 4 is 46.0 Å². The molecule has 0 unspecified atom stereocenters. The average molecular weight is 336 g/mol. The van der Waals surface area contributed by atoms with Gasteiger partial charge in [-0.05, 0) is 36.2 Å². The topological polar surface area (TPSA) is 72.7 Å². The maximum Gasteiger partial charge on any atom is 0.244 e. The summed E-state index contributed by atoms with van der Waals surface area (Å²) in [7, 11) is 0. The largest absolute Gasteiger partial charge is 0.325 e. The van der Waals surface area contributed by atoms with Gasteiger partial charge in [0.1, 0.15) is 12.1 Å². The summed E-state index contributed by atoms with van der Waals surface area (Å²) in [5.74, 6) is -0.198. The molecule has 112 valence electrons. The van der Waals surface area contributed by atoms with E-state index in [1.807, 2.05) is 31.2 Å². The maximum atomic E-state index is 12.1. The molecule has 2 heterocycles. The zero-order chi connectivity index (χ0) is 15.7. The van der Waals surface area contributed by atoms with Gasteiger partial charge in [-0.3, -0.25) is 4.79 Å². The van der Waals surface area contributed by atoms with Gasteiger partial charge in [0.2, 0.25) is 11.2 Å². The van der Waals surface area contributed by atoms with Crippen LogP contribution >= 0.6 is 23.2 Å². The SMILES string of the molecule is Cc1cccc(NC(=O)Cn2cnc3c(Cl)nc(Cl)nc32)c1. The van der Waals surface area contributed by atoms with Gasteiger partial charge in [-0.25, -0.2) is 9.97 Å². The van der Waals surface area contributed by atoms with E-state index in [2.05, 4.69) is 20.3 Å². The summed E-state index contributed by atoms with van der Waals surface area (Å²) in [5, 5.41) is 2.99. The van der Waals surface area contributed by atoms with Gasteiger partial charge in [-0.1, -0.05) is 23.7 Å². The molecule has 1 N–H and O–H groups in total. The first-order valence-electron chi connectivity index (χ1n) is 6.43. The molecule has 1 amide bonds. The molecule has 8 heteroatoms. The molecule has 22 heavy (non-hydrogen) atoms. The molecule has 0 bridgehead atoms. The second-order valence-electron chi connectivity index (χ2n) is 4.75. The highest BCUT2D eigenvalue weighted by Crippen LogP contribution is 2.20. The standard InChI is InChI=1S/C14H11Cl2N5O/c1-8-3-2-4-9(5-8)18-10(22)6-21-7-17-11-12(15)19-14(16)20-13(11)21/h2-5,7H,6H2,1H3,(H,18,22). The number of carbonyl (C=O) groups excluding carboxylic acids is 1. The monoisotopic (exact) mass is 335 g/mol. The zero-order valence-corrected chi connectivity index (χ0v) is 13.1. The lowest BCUT2D eigenvalue weighted by molar-refractivity contribution is -0.116. The second-order valence-corrected chi connectivity index (χ2v) is 5.44. The summed E-state index contributed by atoms with van der Waals surface area (Å²) in [5.41, 5.74) is 2.64. The molecule has 3 rings (SSSR count). The van der Waals surface area contributed by atoms with Crippen molar-refractivity contribution in [2.75, 3.05) is 5.32 Å². The third-order valence-corrected chi connectivity index (χ3v) is 3.44. The molecular weight excluding hydrogens is 325 g/mol. The molecule has 3 aromatic rings. The van der Waals surface area contributed by atoms with Crippen LogP contribution in [0.4, 0.5) is 5.69 Å². The highest BCUT2D eigenvalue weighted by atomic mass is 35.5. The summed E-state index contributed by atoms with van der Waals surface area (Å²) < 4.78 is 1.57. The number of hydrogen-bond acceptors (Lipinski definition) is 4. The smallest absolute Gasteiger partial charge is 0.244 e. The van der Waals surface area contributed by atoms with Crippen molar-refractivity contribution in [3.05, 3.63) is 46.6 Å². The minimum absolute atomic E-state index is 0.0124. The number of nitrogens with zero attached hydrogens (tertiary/aromatic N) is 4. The Morgan fingerprint density at radius 2 is 2.14 bits per heavy atom. The second kappa shape index (κ2) is 5.90. The highest BCUT2D eigenvalue weighted by Gasteiger charge is 2.13. The molecule has 0 spiro atoms. The quantitative estimate of drug-likeness (QED) is 0.589. The predicted molar refractivity (Wildman–Crippen MR) is 85.2 cm³/mol. The van der Waals surface area contributed by atoms with Gasteiger partial charge in [0.15, 0.2) is 10.8 Å². The summed E-state index contributed by atoms with van der Waals surface area (Å²) in [4.78, 5) is 24.1. The van der Waals surface area contributed by atoms with Gasteiger partial charge in [-0.15, -0.1) is 0 Å². The van der Waals surface area contributed by atoms with Crippen molar-refractivity contribution in [1.82, 2.24) is 19.5 Å². The van der Waals surface area contributed by atoms with Crippen LogP contribution < -0.4 is 5.32 Å². The normalized spacial score (nSPS) is 10.9. The van der Waals surface area contributed by atoms with Gasteiger partial charge in [0.25, 0.3) is 0 Å². The number of fused-ring (bicyclic) bond motifs is 1. The Labute approximate surface area is 136 Å². The fraction of sp³-hybridized carbons (Fsp3) is 0.143. The molecule has 1 aromatic carbocycles. The molecule has 0 saturated heterocycles. The summed E-state index contributed by atoms with van der Waals surface area (Å²) in [6.45, 7) is 2.01. The van der Waals surface area contributed by atoms with Crippen LogP contribution in [0.5, 0.6) is 0 Å². The number of carbonyl (C=O) groups is 1. The molecule has 6 nitrogen and oxygen atoms in total. The van der Waals surface area contributed by atoms with Crippen molar-refractivity contribution in [3.63, 3.8) is 0 Å². The van der Waals surface area contributed by atoms with Crippen LogP contribution in [-0.2, 0) is 11.3 Å². The Morgan fingerprint density at radius 1 is 1.32 bits per heavy atom.